The number of likely N-dealkylation sites (N-methyl/N-ethyl adjacent to an activating group) is 1. The fourth-order valence-electron chi connectivity index (χ4n) is 1.53. The summed E-state index contributed by atoms with van der Waals surface area (Å²) in [7, 11) is 3.43. The smallest absolute Gasteiger partial charge is 0.243 e. The number of hydrogen-bond donors (Lipinski definition) is 1. The van der Waals surface area contributed by atoms with Gasteiger partial charge in [-0.2, -0.15) is 5.10 Å². The molecule has 1 heterocycles. The standard InChI is InChI=1S/C13H15N3O2/c1-15(2)13(18)9-16-8-11(7-14-16)10-3-5-12(17)6-4-10/h3-8,17H,9H2,1-2H3. The molecule has 0 fully saturated rings. The van der Waals surface area contributed by atoms with Crippen LogP contribution in [0.3, 0.4) is 0 Å². The maximum Gasteiger partial charge on any atom is 0.243 e. The molecule has 0 aliphatic carbocycles. The van der Waals surface area contributed by atoms with Gasteiger partial charge in [-0.3, -0.25) is 9.48 Å². The number of aromatic hydroxyl groups is 1. The summed E-state index contributed by atoms with van der Waals surface area (Å²) in [5.41, 5.74) is 1.87. The molecule has 0 saturated carbocycles. The normalized spacial score (nSPS) is 10.3. The lowest BCUT2D eigenvalue weighted by Gasteiger charge is -2.09. The first-order valence-electron chi connectivity index (χ1n) is 5.58. The number of amides is 1. The molecule has 1 aromatic heterocycles. The largest absolute Gasteiger partial charge is 0.508 e. The highest BCUT2D eigenvalue weighted by Crippen LogP contribution is 2.20. The number of carbonyl (C=O) groups excluding carboxylic acids is 1. The highest BCUT2D eigenvalue weighted by atomic mass is 16.3. The van der Waals surface area contributed by atoms with E-state index in [-0.39, 0.29) is 18.2 Å². The summed E-state index contributed by atoms with van der Waals surface area (Å²) in [6.07, 6.45) is 3.52. The average Bonchev–Trinajstić information content (AvgIpc) is 2.78. The van der Waals surface area contributed by atoms with Crippen LogP contribution >= 0.6 is 0 Å². The van der Waals surface area contributed by atoms with E-state index in [4.69, 9.17) is 0 Å². The lowest BCUT2D eigenvalue weighted by atomic mass is 10.1. The number of carbonyl (C=O) groups is 1. The molecule has 5 heteroatoms. The molecule has 2 rings (SSSR count). The molecule has 0 atom stereocenters. The van der Waals surface area contributed by atoms with Crippen molar-refractivity contribution in [1.82, 2.24) is 14.7 Å². The van der Waals surface area contributed by atoms with Crippen LogP contribution in [0.15, 0.2) is 36.7 Å². The van der Waals surface area contributed by atoms with Gasteiger partial charge in [-0.1, -0.05) is 12.1 Å². The maximum atomic E-state index is 11.5. The summed E-state index contributed by atoms with van der Waals surface area (Å²) in [5.74, 6) is 0.226. The van der Waals surface area contributed by atoms with E-state index in [1.54, 1.807) is 37.1 Å². The summed E-state index contributed by atoms with van der Waals surface area (Å²) >= 11 is 0. The fraction of sp³-hybridized carbons (Fsp3) is 0.231. The predicted molar refractivity (Wildman–Crippen MR) is 68.0 cm³/mol. The molecular formula is C13H15N3O2. The van der Waals surface area contributed by atoms with Gasteiger partial charge in [0.2, 0.25) is 5.91 Å². The quantitative estimate of drug-likeness (QED) is 0.887. The Labute approximate surface area is 105 Å². The number of aromatic nitrogens is 2. The minimum Gasteiger partial charge on any atom is -0.508 e. The van der Waals surface area contributed by atoms with E-state index < -0.39 is 0 Å². The molecule has 18 heavy (non-hydrogen) atoms. The van der Waals surface area contributed by atoms with E-state index in [0.29, 0.717) is 0 Å². The molecular weight excluding hydrogens is 230 g/mol. The number of phenolic OH excluding ortho intramolecular Hbond substituents is 1. The van der Waals surface area contributed by atoms with Crippen molar-refractivity contribution < 1.29 is 9.90 Å². The second-order valence-corrected chi connectivity index (χ2v) is 4.26. The van der Waals surface area contributed by atoms with Gasteiger partial charge in [0.05, 0.1) is 6.20 Å². The molecule has 5 nitrogen and oxygen atoms in total. The summed E-state index contributed by atoms with van der Waals surface area (Å²) in [5, 5.41) is 13.4. The molecule has 0 bridgehead atoms. The average molecular weight is 245 g/mol. The Balaban J connectivity index is 2.15. The maximum absolute atomic E-state index is 11.5. The molecule has 94 valence electrons. The van der Waals surface area contributed by atoms with Crippen LogP contribution in [0.25, 0.3) is 11.1 Å². The van der Waals surface area contributed by atoms with E-state index in [9.17, 15) is 9.90 Å². The lowest BCUT2D eigenvalue weighted by molar-refractivity contribution is -0.129. The van der Waals surface area contributed by atoms with E-state index >= 15 is 0 Å². The van der Waals surface area contributed by atoms with Crippen molar-refractivity contribution in [3.8, 4) is 16.9 Å². The Morgan fingerprint density at radius 3 is 2.56 bits per heavy atom. The highest BCUT2D eigenvalue weighted by molar-refractivity contribution is 5.75. The van der Waals surface area contributed by atoms with Gasteiger partial charge in [0.1, 0.15) is 12.3 Å². The van der Waals surface area contributed by atoms with E-state index in [1.807, 2.05) is 18.3 Å². The third kappa shape index (κ3) is 2.68. The summed E-state index contributed by atoms with van der Waals surface area (Å²) < 4.78 is 1.60. The van der Waals surface area contributed by atoms with Crippen molar-refractivity contribution in [2.24, 2.45) is 0 Å². The summed E-state index contributed by atoms with van der Waals surface area (Å²) in [6.45, 7) is 0.227. The van der Waals surface area contributed by atoms with Crippen LogP contribution in [0.1, 0.15) is 0 Å². The van der Waals surface area contributed by atoms with Gasteiger partial charge in [0, 0.05) is 25.9 Å². The zero-order valence-electron chi connectivity index (χ0n) is 10.4. The lowest BCUT2D eigenvalue weighted by Crippen LogP contribution is -2.26. The van der Waals surface area contributed by atoms with Crippen LogP contribution in [0.4, 0.5) is 0 Å². The molecule has 0 radical (unpaired) electrons. The molecule has 0 aliphatic rings. The van der Waals surface area contributed by atoms with Crippen LogP contribution in [0.2, 0.25) is 0 Å². The Kier molecular flexibility index (Phi) is 3.32. The topological polar surface area (TPSA) is 58.4 Å². The molecule has 0 aliphatic heterocycles. The van der Waals surface area contributed by atoms with E-state index in [2.05, 4.69) is 5.10 Å². The minimum atomic E-state index is -0.00430. The van der Waals surface area contributed by atoms with Crippen molar-refractivity contribution in [3.05, 3.63) is 36.7 Å². The van der Waals surface area contributed by atoms with Gasteiger partial charge in [0.15, 0.2) is 0 Å². The Morgan fingerprint density at radius 2 is 1.94 bits per heavy atom. The first-order valence-corrected chi connectivity index (χ1v) is 5.58. The fourth-order valence-corrected chi connectivity index (χ4v) is 1.53. The molecule has 2 aromatic rings. The van der Waals surface area contributed by atoms with Crippen LogP contribution in [-0.2, 0) is 11.3 Å². The van der Waals surface area contributed by atoms with Crippen molar-refractivity contribution in [2.45, 2.75) is 6.54 Å². The second kappa shape index (κ2) is 4.91. The van der Waals surface area contributed by atoms with Crippen LogP contribution < -0.4 is 0 Å². The minimum absolute atomic E-state index is 0.00430. The first-order chi connectivity index (χ1) is 8.56. The van der Waals surface area contributed by atoms with Gasteiger partial charge in [-0.25, -0.2) is 0 Å². The molecule has 0 spiro atoms. The Hall–Kier alpha value is -2.30. The Morgan fingerprint density at radius 1 is 1.28 bits per heavy atom. The third-order valence-electron chi connectivity index (χ3n) is 2.63. The number of rotatable bonds is 3. The number of phenols is 1. The molecule has 0 unspecified atom stereocenters. The monoisotopic (exact) mass is 245 g/mol. The van der Waals surface area contributed by atoms with Gasteiger partial charge in [-0.15, -0.1) is 0 Å². The van der Waals surface area contributed by atoms with Gasteiger partial charge < -0.3 is 10.0 Å². The van der Waals surface area contributed by atoms with Crippen LogP contribution in [0.5, 0.6) is 5.75 Å². The van der Waals surface area contributed by atoms with Gasteiger partial charge in [0.25, 0.3) is 0 Å². The molecule has 1 N–H and O–H groups in total. The zero-order valence-corrected chi connectivity index (χ0v) is 10.4. The van der Waals surface area contributed by atoms with Crippen LogP contribution in [-0.4, -0.2) is 39.8 Å². The summed E-state index contributed by atoms with van der Waals surface area (Å²) in [6, 6.07) is 6.87. The van der Waals surface area contributed by atoms with E-state index in [1.165, 1.54) is 4.90 Å². The highest BCUT2D eigenvalue weighted by Gasteiger charge is 2.07. The van der Waals surface area contributed by atoms with Crippen molar-refractivity contribution >= 4 is 5.91 Å². The van der Waals surface area contributed by atoms with Crippen molar-refractivity contribution in [2.75, 3.05) is 14.1 Å². The van der Waals surface area contributed by atoms with Gasteiger partial charge >= 0.3 is 0 Å². The van der Waals surface area contributed by atoms with Crippen molar-refractivity contribution in [3.63, 3.8) is 0 Å². The van der Waals surface area contributed by atoms with E-state index in [0.717, 1.165) is 11.1 Å². The van der Waals surface area contributed by atoms with Gasteiger partial charge in [-0.05, 0) is 17.7 Å². The number of benzene rings is 1. The molecule has 0 saturated heterocycles. The molecule has 1 aromatic carbocycles. The zero-order chi connectivity index (χ0) is 13.1. The second-order valence-electron chi connectivity index (χ2n) is 4.26. The number of hydrogen-bond acceptors (Lipinski definition) is 3. The molecule has 1 amide bonds. The van der Waals surface area contributed by atoms with Crippen molar-refractivity contribution in [1.29, 1.82) is 0 Å². The number of nitrogens with zero attached hydrogens (tertiary/aromatic N) is 3. The summed E-state index contributed by atoms with van der Waals surface area (Å²) in [4.78, 5) is 13.1. The Bertz CT molecular complexity index is 544. The first kappa shape index (κ1) is 12.2. The van der Waals surface area contributed by atoms with Crippen LogP contribution in [0, 0.1) is 0 Å². The third-order valence-corrected chi connectivity index (χ3v) is 2.63. The predicted octanol–water partition coefficient (Wildman–Crippen LogP) is 1.34. The SMILES string of the molecule is CN(C)C(=O)Cn1cc(-c2ccc(O)cc2)cn1.